The molecular formula is C15H21N3O. The predicted octanol–water partition coefficient (Wildman–Crippen LogP) is 2.37. The Morgan fingerprint density at radius 1 is 1.21 bits per heavy atom. The lowest BCUT2D eigenvalue weighted by molar-refractivity contribution is 0.229. The van der Waals surface area contributed by atoms with E-state index in [0.29, 0.717) is 6.04 Å². The summed E-state index contributed by atoms with van der Waals surface area (Å²) in [5, 5.41) is 3.57. The molecular weight excluding hydrogens is 238 g/mol. The number of carbonyl (C=O) groups excluding carboxylic acids is 1. The molecule has 0 bridgehead atoms. The van der Waals surface area contributed by atoms with Crippen LogP contribution in [0.4, 0.5) is 10.5 Å². The average Bonchev–Trinajstić information content (AvgIpc) is 2.80. The number of likely N-dealkylation sites (N-methyl/N-ethyl adjacent to an activating group) is 1. The lowest BCUT2D eigenvalue weighted by Gasteiger charge is -2.28. The maximum atomic E-state index is 12.2. The van der Waals surface area contributed by atoms with Crippen LogP contribution in [0.5, 0.6) is 0 Å². The van der Waals surface area contributed by atoms with E-state index in [1.807, 2.05) is 18.0 Å². The first-order valence-electron chi connectivity index (χ1n) is 7.12. The van der Waals surface area contributed by atoms with Crippen molar-refractivity contribution in [2.45, 2.75) is 25.3 Å². The second kappa shape index (κ2) is 5.21. The first kappa shape index (κ1) is 12.5. The minimum Gasteiger partial charge on any atom is -0.326 e. The highest BCUT2D eigenvalue weighted by Crippen LogP contribution is 2.32. The quantitative estimate of drug-likeness (QED) is 0.885. The SMILES string of the molecule is CN1CCN(c2ccccc2C2CCCCN2)C1=O. The zero-order valence-electron chi connectivity index (χ0n) is 11.4. The number of para-hydroxylation sites is 1. The highest BCUT2D eigenvalue weighted by atomic mass is 16.2. The van der Waals surface area contributed by atoms with Gasteiger partial charge in [-0.2, -0.15) is 0 Å². The Morgan fingerprint density at radius 2 is 2.05 bits per heavy atom. The number of nitrogens with zero attached hydrogens (tertiary/aromatic N) is 2. The maximum Gasteiger partial charge on any atom is 0.324 e. The summed E-state index contributed by atoms with van der Waals surface area (Å²) >= 11 is 0. The smallest absolute Gasteiger partial charge is 0.324 e. The predicted molar refractivity (Wildman–Crippen MR) is 76.4 cm³/mol. The Bertz CT molecular complexity index is 468. The number of hydrogen-bond donors (Lipinski definition) is 1. The molecule has 0 aromatic heterocycles. The average molecular weight is 259 g/mol. The van der Waals surface area contributed by atoms with Crippen LogP contribution >= 0.6 is 0 Å². The Labute approximate surface area is 114 Å². The third kappa shape index (κ3) is 2.32. The number of piperidine rings is 1. The molecule has 19 heavy (non-hydrogen) atoms. The molecule has 0 aliphatic carbocycles. The molecule has 1 aromatic carbocycles. The standard InChI is InChI=1S/C15H21N3O/c1-17-10-11-18(15(17)19)14-8-3-2-6-12(14)13-7-4-5-9-16-13/h2-3,6,8,13,16H,4-5,7,9-11H2,1H3. The first-order valence-corrected chi connectivity index (χ1v) is 7.12. The number of nitrogens with one attached hydrogen (secondary N) is 1. The molecule has 2 amide bonds. The van der Waals surface area contributed by atoms with Gasteiger partial charge in [0.2, 0.25) is 0 Å². The zero-order valence-corrected chi connectivity index (χ0v) is 11.4. The van der Waals surface area contributed by atoms with Crippen LogP contribution in [0.3, 0.4) is 0 Å². The minimum atomic E-state index is 0.114. The Balaban J connectivity index is 1.91. The molecule has 4 heteroatoms. The van der Waals surface area contributed by atoms with Crippen molar-refractivity contribution >= 4 is 11.7 Å². The van der Waals surface area contributed by atoms with E-state index < -0.39 is 0 Å². The number of hydrogen-bond acceptors (Lipinski definition) is 2. The van der Waals surface area contributed by atoms with Crippen LogP contribution in [0.1, 0.15) is 30.9 Å². The molecule has 0 saturated carbocycles. The van der Waals surface area contributed by atoms with E-state index in [0.717, 1.165) is 31.7 Å². The van der Waals surface area contributed by atoms with E-state index in [2.05, 4.69) is 23.5 Å². The van der Waals surface area contributed by atoms with Gasteiger partial charge in [-0.15, -0.1) is 0 Å². The third-order valence-corrected chi connectivity index (χ3v) is 4.13. The number of urea groups is 1. The van der Waals surface area contributed by atoms with Crippen LogP contribution in [-0.2, 0) is 0 Å². The Hall–Kier alpha value is -1.55. The Kier molecular flexibility index (Phi) is 3.42. The molecule has 2 saturated heterocycles. The largest absolute Gasteiger partial charge is 0.326 e. The summed E-state index contributed by atoms with van der Waals surface area (Å²) in [6.45, 7) is 2.68. The van der Waals surface area contributed by atoms with Crippen LogP contribution in [0.25, 0.3) is 0 Å². The van der Waals surface area contributed by atoms with Gasteiger partial charge in [0.1, 0.15) is 0 Å². The van der Waals surface area contributed by atoms with Crippen molar-refractivity contribution in [2.24, 2.45) is 0 Å². The Morgan fingerprint density at radius 3 is 2.74 bits per heavy atom. The summed E-state index contributed by atoms with van der Waals surface area (Å²) < 4.78 is 0. The van der Waals surface area contributed by atoms with Gasteiger partial charge in [-0.05, 0) is 31.0 Å². The van der Waals surface area contributed by atoms with E-state index >= 15 is 0 Å². The zero-order chi connectivity index (χ0) is 13.2. The van der Waals surface area contributed by atoms with Gasteiger partial charge in [-0.25, -0.2) is 4.79 Å². The molecule has 2 heterocycles. The summed E-state index contributed by atoms with van der Waals surface area (Å²) in [4.78, 5) is 15.9. The fourth-order valence-corrected chi connectivity index (χ4v) is 3.02. The monoisotopic (exact) mass is 259 g/mol. The first-order chi connectivity index (χ1) is 9.27. The molecule has 1 atom stereocenters. The van der Waals surface area contributed by atoms with Crippen molar-refractivity contribution in [1.29, 1.82) is 0 Å². The molecule has 0 spiro atoms. The minimum absolute atomic E-state index is 0.114. The number of benzene rings is 1. The summed E-state index contributed by atoms with van der Waals surface area (Å²) in [5.41, 5.74) is 2.35. The number of carbonyl (C=O) groups is 1. The van der Waals surface area contributed by atoms with Crippen molar-refractivity contribution in [2.75, 3.05) is 31.6 Å². The van der Waals surface area contributed by atoms with E-state index in [9.17, 15) is 4.79 Å². The van der Waals surface area contributed by atoms with E-state index in [-0.39, 0.29) is 6.03 Å². The molecule has 4 nitrogen and oxygen atoms in total. The fourth-order valence-electron chi connectivity index (χ4n) is 3.02. The van der Waals surface area contributed by atoms with Gasteiger partial charge in [0.05, 0.1) is 5.69 Å². The van der Waals surface area contributed by atoms with Crippen LogP contribution in [-0.4, -0.2) is 37.6 Å². The van der Waals surface area contributed by atoms with Crippen molar-refractivity contribution in [3.63, 3.8) is 0 Å². The van der Waals surface area contributed by atoms with Crippen LogP contribution in [0, 0.1) is 0 Å². The van der Waals surface area contributed by atoms with Crippen LogP contribution in [0.2, 0.25) is 0 Å². The lowest BCUT2D eigenvalue weighted by atomic mass is 9.96. The molecule has 3 rings (SSSR count). The molecule has 1 aromatic rings. The second-order valence-corrected chi connectivity index (χ2v) is 5.42. The van der Waals surface area contributed by atoms with Gasteiger partial charge in [-0.3, -0.25) is 4.90 Å². The molecule has 2 aliphatic heterocycles. The summed E-state index contributed by atoms with van der Waals surface area (Å²) in [7, 11) is 1.86. The van der Waals surface area contributed by atoms with Crippen LogP contribution in [0.15, 0.2) is 24.3 Å². The van der Waals surface area contributed by atoms with Crippen molar-refractivity contribution in [3.05, 3.63) is 29.8 Å². The number of anilines is 1. The third-order valence-electron chi connectivity index (χ3n) is 4.13. The van der Waals surface area contributed by atoms with E-state index in [1.165, 1.54) is 18.4 Å². The summed E-state index contributed by atoms with van der Waals surface area (Å²) in [6.07, 6.45) is 3.68. The second-order valence-electron chi connectivity index (χ2n) is 5.42. The molecule has 2 aliphatic rings. The molecule has 0 radical (unpaired) electrons. The maximum absolute atomic E-state index is 12.2. The van der Waals surface area contributed by atoms with Gasteiger partial charge < -0.3 is 10.2 Å². The van der Waals surface area contributed by atoms with Gasteiger partial charge >= 0.3 is 6.03 Å². The van der Waals surface area contributed by atoms with E-state index in [4.69, 9.17) is 0 Å². The van der Waals surface area contributed by atoms with Crippen molar-refractivity contribution < 1.29 is 4.79 Å². The lowest BCUT2D eigenvalue weighted by Crippen LogP contribution is -2.32. The fraction of sp³-hybridized carbons (Fsp3) is 0.533. The van der Waals surface area contributed by atoms with Gasteiger partial charge in [0, 0.05) is 26.2 Å². The van der Waals surface area contributed by atoms with E-state index in [1.54, 1.807) is 4.90 Å². The topological polar surface area (TPSA) is 35.6 Å². The van der Waals surface area contributed by atoms with Gasteiger partial charge in [0.25, 0.3) is 0 Å². The normalized spacial score (nSPS) is 24.1. The highest BCUT2D eigenvalue weighted by Gasteiger charge is 2.29. The number of rotatable bonds is 2. The molecule has 1 N–H and O–H groups in total. The highest BCUT2D eigenvalue weighted by molar-refractivity contribution is 5.94. The summed E-state index contributed by atoms with van der Waals surface area (Å²) in [6, 6.07) is 8.83. The van der Waals surface area contributed by atoms with Gasteiger partial charge in [-0.1, -0.05) is 24.6 Å². The molecule has 2 fully saturated rings. The van der Waals surface area contributed by atoms with Gasteiger partial charge in [0.15, 0.2) is 0 Å². The van der Waals surface area contributed by atoms with Crippen molar-refractivity contribution in [3.8, 4) is 0 Å². The van der Waals surface area contributed by atoms with Crippen molar-refractivity contribution in [1.82, 2.24) is 10.2 Å². The molecule has 102 valence electrons. The van der Waals surface area contributed by atoms with Crippen LogP contribution < -0.4 is 10.2 Å². The molecule has 1 unspecified atom stereocenters. The number of amides is 2. The summed E-state index contributed by atoms with van der Waals surface area (Å²) in [5.74, 6) is 0.